The molecule has 0 aliphatic carbocycles. The molecule has 0 radical (unpaired) electrons. The number of hydrogen-bond acceptors (Lipinski definition) is 4. The van der Waals surface area contributed by atoms with Gasteiger partial charge < -0.3 is 10.1 Å². The molecule has 1 fully saturated rings. The normalized spacial score (nSPS) is 21.2. The van der Waals surface area contributed by atoms with Gasteiger partial charge in [0.1, 0.15) is 6.33 Å². The van der Waals surface area contributed by atoms with Gasteiger partial charge in [-0.1, -0.05) is 0 Å². The highest BCUT2D eigenvalue weighted by Gasteiger charge is 2.12. The lowest BCUT2D eigenvalue weighted by atomic mass is 10.0. The van der Waals surface area contributed by atoms with Crippen LogP contribution in [0.2, 0.25) is 0 Å². The molecule has 1 N–H and O–H groups in total. The Kier molecular flexibility index (Phi) is 4.30. The molecule has 2 heterocycles. The summed E-state index contributed by atoms with van der Waals surface area (Å²) in [5.41, 5.74) is 0. The van der Waals surface area contributed by atoms with Gasteiger partial charge in [-0.25, -0.2) is 4.98 Å². The van der Waals surface area contributed by atoms with Crippen molar-refractivity contribution in [3.05, 3.63) is 12.2 Å². The predicted octanol–water partition coefficient (Wildman–Crippen LogP) is 0.374. The molecule has 5 nitrogen and oxygen atoms in total. The first-order chi connectivity index (χ1) is 7.84. The zero-order chi connectivity index (χ0) is 11.2. The zero-order valence-electron chi connectivity index (χ0n) is 9.85. The molecule has 1 aliphatic rings. The second-order valence-corrected chi connectivity index (χ2v) is 4.37. The Labute approximate surface area is 96.2 Å². The number of rotatable bonds is 5. The van der Waals surface area contributed by atoms with Crippen molar-refractivity contribution >= 4 is 0 Å². The minimum Gasteiger partial charge on any atom is -0.381 e. The van der Waals surface area contributed by atoms with E-state index in [0.717, 1.165) is 38.5 Å². The van der Waals surface area contributed by atoms with Gasteiger partial charge in [0.25, 0.3) is 0 Å². The molecular formula is C11H20N4O. The number of aryl methyl sites for hydroxylation is 1. The van der Waals surface area contributed by atoms with Crippen molar-refractivity contribution in [2.75, 3.05) is 26.3 Å². The van der Waals surface area contributed by atoms with E-state index in [2.05, 4.69) is 15.4 Å². The van der Waals surface area contributed by atoms with E-state index in [1.807, 2.05) is 7.05 Å². The van der Waals surface area contributed by atoms with Gasteiger partial charge in [0, 0.05) is 33.2 Å². The van der Waals surface area contributed by atoms with Crippen LogP contribution in [0.25, 0.3) is 0 Å². The van der Waals surface area contributed by atoms with Gasteiger partial charge in [0.15, 0.2) is 5.82 Å². The van der Waals surface area contributed by atoms with Gasteiger partial charge in [-0.05, 0) is 18.8 Å². The predicted molar refractivity (Wildman–Crippen MR) is 61.1 cm³/mol. The number of ether oxygens (including phenoxy) is 1. The molecule has 5 heteroatoms. The topological polar surface area (TPSA) is 52.0 Å². The third-order valence-electron chi connectivity index (χ3n) is 2.86. The first-order valence-corrected chi connectivity index (χ1v) is 5.97. The zero-order valence-corrected chi connectivity index (χ0v) is 9.85. The Bertz CT molecular complexity index is 307. The summed E-state index contributed by atoms with van der Waals surface area (Å²) in [5.74, 6) is 1.60. The molecule has 1 aromatic heterocycles. The monoisotopic (exact) mass is 224 g/mol. The van der Waals surface area contributed by atoms with Gasteiger partial charge in [0.2, 0.25) is 0 Å². The van der Waals surface area contributed by atoms with E-state index in [9.17, 15) is 0 Å². The second kappa shape index (κ2) is 5.96. The quantitative estimate of drug-likeness (QED) is 0.734. The summed E-state index contributed by atoms with van der Waals surface area (Å²) in [6, 6.07) is 0. The third kappa shape index (κ3) is 3.57. The Hall–Kier alpha value is -0.940. The highest BCUT2D eigenvalue weighted by Crippen LogP contribution is 2.11. The van der Waals surface area contributed by atoms with E-state index in [1.165, 1.54) is 12.8 Å². The van der Waals surface area contributed by atoms with Gasteiger partial charge >= 0.3 is 0 Å². The molecule has 0 amide bonds. The standard InChI is InChI=1S/C11H20N4O/c1-15-9-13-11(14-15)4-5-12-7-10-3-2-6-16-8-10/h9-10,12H,2-8H2,1H3. The van der Waals surface area contributed by atoms with Crippen LogP contribution in [0.4, 0.5) is 0 Å². The van der Waals surface area contributed by atoms with E-state index in [4.69, 9.17) is 4.74 Å². The number of nitrogens with one attached hydrogen (secondary N) is 1. The molecule has 1 aliphatic heterocycles. The maximum Gasteiger partial charge on any atom is 0.151 e. The van der Waals surface area contributed by atoms with E-state index in [0.29, 0.717) is 5.92 Å². The molecule has 1 saturated heterocycles. The molecule has 90 valence electrons. The number of aromatic nitrogens is 3. The van der Waals surface area contributed by atoms with Crippen LogP contribution < -0.4 is 5.32 Å². The van der Waals surface area contributed by atoms with Crippen LogP contribution in [-0.4, -0.2) is 41.1 Å². The average Bonchev–Trinajstić information content (AvgIpc) is 2.72. The Morgan fingerprint density at radius 2 is 2.56 bits per heavy atom. The first-order valence-electron chi connectivity index (χ1n) is 5.97. The smallest absolute Gasteiger partial charge is 0.151 e. The molecule has 16 heavy (non-hydrogen) atoms. The van der Waals surface area contributed by atoms with Crippen LogP contribution >= 0.6 is 0 Å². The van der Waals surface area contributed by atoms with Crippen LogP contribution in [0, 0.1) is 5.92 Å². The number of nitrogens with zero attached hydrogens (tertiary/aromatic N) is 3. The summed E-state index contributed by atoms with van der Waals surface area (Å²) in [6.45, 7) is 3.84. The van der Waals surface area contributed by atoms with Gasteiger partial charge in [-0.2, -0.15) is 5.10 Å². The van der Waals surface area contributed by atoms with E-state index >= 15 is 0 Å². The SMILES string of the molecule is Cn1cnc(CCNCC2CCCOC2)n1. The molecule has 0 spiro atoms. The average molecular weight is 224 g/mol. The van der Waals surface area contributed by atoms with Crippen LogP contribution in [-0.2, 0) is 18.2 Å². The lowest BCUT2D eigenvalue weighted by Crippen LogP contribution is -2.30. The van der Waals surface area contributed by atoms with Crippen molar-refractivity contribution in [3.8, 4) is 0 Å². The lowest BCUT2D eigenvalue weighted by molar-refractivity contribution is 0.0549. The fourth-order valence-electron chi connectivity index (χ4n) is 1.97. The van der Waals surface area contributed by atoms with Crippen molar-refractivity contribution < 1.29 is 4.74 Å². The van der Waals surface area contributed by atoms with Gasteiger partial charge in [-0.15, -0.1) is 0 Å². The van der Waals surface area contributed by atoms with E-state index < -0.39 is 0 Å². The fraction of sp³-hybridized carbons (Fsp3) is 0.818. The van der Waals surface area contributed by atoms with Crippen LogP contribution in [0.15, 0.2) is 6.33 Å². The molecule has 0 aromatic carbocycles. The summed E-state index contributed by atoms with van der Waals surface area (Å²) in [7, 11) is 1.89. The minimum absolute atomic E-state index is 0.686. The van der Waals surface area contributed by atoms with Crippen molar-refractivity contribution in [1.29, 1.82) is 0 Å². The maximum absolute atomic E-state index is 5.43. The fourth-order valence-corrected chi connectivity index (χ4v) is 1.97. The molecule has 1 atom stereocenters. The van der Waals surface area contributed by atoms with Crippen molar-refractivity contribution in [3.63, 3.8) is 0 Å². The first kappa shape index (κ1) is 11.5. The highest BCUT2D eigenvalue weighted by molar-refractivity contribution is 4.82. The molecule has 1 aromatic rings. The van der Waals surface area contributed by atoms with Crippen LogP contribution in [0.1, 0.15) is 18.7 Å². The van der Waals surface area contributed by atoms with Gasteiger partial charge in [0.05, 0.1) is 6.61 Å². The minimum atomic E-state index is 0.686. The Morgan fingerprint density at radius 1 is 1.62 bits per heavy atom. The molecular weight excluding hydrogens is 204 g/mol. The summed E-state index contributed by atoms with van der Waals surface area (Å²) in [5, 5.41) is 7.68. The molecule has 2 rings (SSSR count). The van der Waals surface area contributed by atoms with Crippen LogP contribution in [0.3, 0.4) is 0 Å². The summed E-state index contributed by atoms with van der Waals surface area (Å²) in [6.07, 6.45) is 5.13. The van der Waals surface area contributed by atoms with Gasteiger partial charge in [-0.3, -0.25) is 4.68 Å². The maximum atomic E-state index is 5.43. The van der Waals surface area contributed by atoms with Crippen molar-refractivity contribution in [1.82, 2.24) is 20.1 Å². The van der Waals surface area contributed by atoms with Crippen molar-refractivity contribution in [2.45, 2.75) is 19.3 Å². The largest absolute Gasteiger partial charge is 0.381 e. The Morgan fingerprint density at radius 3 is 3.25 bits per heavy atom. The Balaban J connectivity index is 1.57. The van der Waals surface area contributed by atoms with E-state index in [1.54, 1.807) is 11.0 Å². The summed E-state index contributed by atoms with van der Waals surface area (Å²) in [4.78, 5) is 4.19. The van der Waals surface area contributed by atoms with Crippen LogP contribution in [0.5, 0.6) is 0 Å². The lowest BCUT2D eigenvalue weighted by Gasteiger charge is -2.22. The van der Waals surface area contributed by atoms with E-state index in [-0.39, 0.29) is 0 Å². The summed E-state index contributed by atoms with van der Waals surface area (Å²) >= 11 is 0. The second-order valence-electron chi connectivity index (χ2n) is 4.37. The molecule has 1 unspecified atom stereocenters. The molecule has 0 saturated carbocycles. The number of hydrogen-bond donors (Lipinski definition) is 1. The summed E-state index contributed by atoms with van der Waals surface area (Å²) < 4.78 is 7.17. The third-order valence-corrected chi connectivity index (χ3v) is 2.86. The molecule has 0 bridgehead atoms. The van der Waals surface area contributed by atoms with Crippen molar-refractivity contribution in [2.24, 2.45) is 13.0 Å². The highest BCUT2D eigenvalue weighted by atomic mass is 16.5.